The zero-order chi connectivity index (χ0) is 21.0. The van der Waals surface area contributed by atoms with Gasteiger partial charge in [-0.05, 0) is 42.5 Å². The van der Waals surface area contributed by atoms with Gasteiger partial charge in [0.25, 0.3) is 0 Å². The van der Waals surface area contributed by atoms with E-state index >= 15 is 0 Å². The van der Waals surface area contributed by atoms with E-state index in [1.165, 1.54) is 0 Å². The number of hydrogen-bond acceptors (Lipinski definition) is 8. The van der Waals surface area contributed by atoms with Crippen molar-refractivity contribution < 1.29 is 18.8 Å². The number of ether oxygens (including phenoxy) is 2. The Labute approximate surface area is 178 Å². The second-order valence-electron chi connectivity index (χ2n) is 7.55. The Morgan fingerprint density at radius 2 is 2.16 bits per heavy atom. The molecule has 2 aliphatic heterocycles. The van der Waals surface area contributed by atoms with Crippen LogP contribution in [0.3, 0.4) is 0 Å². The number of piperidine rings is 1. The quantitative estimate of drug-likeness (QED) is 0.582. The van der Waals surface area contributed by atoms with Gasteiger partial charge in [-0.25, -0.2) is 4.98 Å². The highest BCUT2D eigenvalue weighted by molar-refractivity contribution is 5.92. The minimum absolute atomic E-state index is 0.00635. The lowest BCUT2D eigenvalue weighted by molar-refractivity contribution is -0.127. The van der Waals surface area contributed by atoms with Gasteiger partial charge in [-0.2, -0.15) is 4.98 Å². The van der Waals surface area contributed by atoms with Crippen LogP contribution in [-0.4, -0.2) is 50.8 Å². The smallest absolute Gasteiger partial charge is 0.246 e. The lowest BCUT2D eigenvalue weighted by atomic mass is 9.94. The van der Waals surface area contributed by atoms with Crippen LogP contribution in [0.4, 0.5) is 0 Å². The number of nitrogens with zero attached hydrogens (tertiary/aromatic N) is 5. The summed E-state index contributed by atoms with van der Waals surface area (Å²) < 4.78 is 16.1. The Hall–Kier alpha value is -3.75. The van der Waals surface area contributed by atoms with Gasteiger partial charge in [0.1, 0.15) is 5.69 Å². The Bertz CT molecular complexity index is 1100. The number of fused-ring (bicyclic) bond motifs is 1. The third-order valence-corrected chi connectivity index (χ3v) is 5.37. The van der Waals surface area contributed by atoms with E-state index in [0.717, 1.165) is 30.7 Å². The number of rotatable bonds is 5. The summed E-state index contributed by atoms with van der Waals surface area (Å²) in [4.78, 5) is 27.2. The van der Waals surface area contributed by atoms with Crippen molar-refractivity contribution in [2.45, 2.75) is 19.3 Å². The molecule has 9 heteroatoms. The fourth-order valence-electron chi connectivity index (χ4n) is 3.82. The largest absolute Gasteiger partial charge is 0.454 e. The van der Waals surface area contributed by atoms with Gasteiger partial charge in [-0.3, -0.25) is 9.78 Å². The third kappa shape index (κ3) is 4.40. The Balaban J connectivity index is 1.19. The van der Waals surface area contributed by atoms with Gasteiger partial charge in [-0.15, -0.1) is 0 Å². The van der Waals surface area contributed by atoms with Crippen LogP contribution in [0.1, 0.15) is 24.3 Å². The first-order valence-corrected chi connectivity index (χ1v) is 10.2. The van der Waals surface area contributed by atoms with Crippen molar-refractivity contribution in [3.63, 3.8) is 0 Å². The predicted molar refractivity (Wildman–Crippen MR) is 110 cm³/mol. The van der Waals surface area contributed by atoms with E-state index in [9.17, 15) is 4.79 Å². The van der Waals surface area contributed by atoms with Crippen molar-refractivity contribution in [1.29, 1.82) is 0 Å². The minimum Gasteiger partial charge on any atom is -0.454 e. The molecule has 0 N–H and O–H groups in total. The van der Waals surface area contributed by atoms with Crippen LogP contribution in [0.2, 0.25) is 0 Å². The second-order valence-corrected chi connectivity index (χ2v) is 7.55. The fraction of sp³-hybridized carbons (Fsp3) is 0.318. The molecule has 1 saturated heterocycles. The van der Waals surface area contributed by atoms with Crippen molar-refractivity contribution in [3.8, 4) is 23.0 Å². The number of aromatic nitrogens is 4. The summed E-state index contributed by atoms with van der Waals surface area (Å²) in [5.41, 5.74) is 1.47. The molecule has 0 bridgehead atoms. The standard InChI is InChI=1S/C22H21N5O4/c28-21(6-4-15-3-5-18-19(10-15)30-14-29-18)27-9-1-2-16(13-27)11-20-25-22(26-31-20)17-12-23-7-8-24-17/h3-8,10,12,16H,1-2,9,11,13-14H2. The molecular weight excluding hydrogens is 398 g/mol. The summed E-state index contributed by atoms with van der Waals surface area (Å²) >= 11 is 0. The molecule has 0 saturated carbocycles. The first kappa shape index (κ1) is 19.2. The lowest BCUT2D eigenvalue weighted by Crippen LogP contribution is -2.39. The normalized spacial score (nSPS) is 17.9. The molecule has 31 heavy (non-hydrogen) atoms. The van der Waals surface area contributed by atoms with Crippen LogP contribution < -0.4 is 9.47 Å². The molecule has 3 aromatic rings. The molecular formula is C22H21N5O4. The van der Waals surface area contributed by atoms with Crippen LogP contribution in [0, 0.1) is 5.92 Å². The van der Waals surface area contributed by atoms with E-state index in [0.29, 0.717) is 36.1 Å². The van der Waals surface area contributed by atoms with Crippen molar-refractivity contribution in [3.05, 3.63) is 54.3 Å². The summed E-state index contributed by atoms with van der Waals surface area (Å²) in [6.07, 6.45) is 10.8. The van der Waals surface area contributed by atoms with E-state index in [1.54, 1.807) is 30.7 Å². The molecule has 1 amide bonds. The van der Waals surface area contributed by atoms with E-state index in [2.05, 4.69) is 20.1 Å². The first-order valence-electron chi connectivity index (χ1n) is 10.2. The monoisotopic (exact) mass is 419 g/mol. The minimum atomic E-state index is -0.00635. The highest BCUT2D eigenvalue weighted by atomic mass is 16.7. The zero-order valence-electron chi connectivity index (χ0n) is 16.8. The number of likely N-dealkylation sites (tertiary alicyclic amines) is 1. The van der Waals surface area contributed by atoms with Crippen LogP contribution in [0.25, 0.3) is 17.6 Å². The summed E-state index contributed by atoms with van der Waals surface area (Å²) in [7, 11) is 0. The number of amides is 1. The molecule has 0 radical (unpaired) electrons. The Morgan fingerprint density at radius 1 is 1.23 bits per heavy atom. The van der Waals surface area contributed by atoms with Gasteiger partial charge in [0.05, 0.1) is 6.20 Å². The second kappa shape index (κ2) is 8.55. The van der Waals surface area contributed by atoms with Gasteiger partial charge in [0, 0.05) is 38.0 Å². The molecule has 0 aliphatic carbocycles. The molecule has 1 atom stereocenters. The number of hydrogen-bond donors (Lipinski definition) is 0. The highest BCUT2D eigenvalue weighted by Gasteiger charge is 2.25. The Morgan fingerprint density at radius 3 is 3.06 bits per heavy atom. The average Bonchev–Trinajstić information content (AvgIpc) is 3.47. The van der Waals surface area contributed by atoms with Gasteiger partial charge in [-0.1, -0.05) is 11.2 Å². The van der Waals surface area contributed by atoms with Crippen LogP contribution in [0.5, 0.6) is 11.5 Å². The van der Waals surface area contributed by atoms with Crippen molar-refractivity contribution in [1.82, 2.24) is 25.0 Å². The van der Waals surface area contributed by atoms with E-state index in [1.807, 2.05) is 23.1 Å². The SMILES string of the molecule is O=C(C=Cc1ccc2c(c1)OCO2)N1CCCC(Cc2nc(-c3cnccn3)no2)C1. The van der Waals surface area contributed by atoms with Gasteiger partial charge >= 0.3 is 0 Å². The van der Waals surface area contributed by atoms with Crippen molar-refractivity contribution in [2.24, 2.45) is 5.92 Å². The van der Waals surface area contributed by atoms with E-state index in [4.69, 9.17) is 14.0 Å². The maximum atomic E-state index is 12.7. The number of carbonyl (C=O) groups is 1. The van der Waals surface area contributed by atoms with E-state index < -0.39 is 0 Å². The first-order chi connectivity index (χ1) is 15.2. The van der Waals surface area contributed by atoms with Crippen LogP contribution in [-0.2, 0) is 11.2 Å². The Kier molecular flexibility index (Phi) is 5.30. The third-order valence-electron chi connectivity index (χ3n) is 5.37. The topological polar surface area (TPSA) is 103 Å². The summed E-state index contributed by atoms with van der Waals surface area (Å²) in [6.45, 7) is 1.64. The molecule has 5 rings (SSSR count). The summed E-state index contributed by atoms with van der Waals surface area (Å²) in [5, 5.41) is 3.99. The van der Waals surface area contributed by atoms with Crippen molar-refractivity contribution in [2.75, 3.05) is 19.9 Å². The molecule has 1 unspecified atom stereocenters. The van der Waals surface area contributed by atoms with E-state index in [-0.39, 0.29) is 18.6 Å². The molecule has 1 aromatic carbocycles. The molecule has 1 fully saturated rings. The summed E-state index contributed by atoms with van der Waals surface area (Å²) in [6, 6.07) is 5.62. The van der Waals surface area contributed by atoms with Gasteiger partial charge in [0.15, 0.2) is 11.5 Å². The van der Waals surface area contributed by atoms with Crippen LogP contribution >= 0.6 is 0 Å². The fourth-order valence-corrected chi connectivity index (χ4v) is 3.82. The molecule has 4 heterocycles. The summed E-state index contributed by atoms with van der Waals surface area (Å²) in [5.74, 6) is 2.67. The molecule has 0 spiro atoms. The van der Waals surface area contributed by atoms with Gasteiger partial charge in [0.2, 0.25) is 24.4 Å². The van der Waals surface area contributed by atoms with Gasteiger partial charge < -0.3 is 18.9 Å². The molecule has 2 aliphatic rings. The van der Waals surface area contributed by atoms with Crippen molar-refractivity contribution >= 4 is 12.0 Å². The molecule has 9 nitrogen and oxygen atoms in total. The highest BCUT2D eigenvalue weighted by Crippen LogP contribution is 2.32. The average molecular weight is 419 g/mol. The number of carbonyl (C=O) groups excluding carboxylic acids is 1. The maximum Gasteiger partial charge on any atom is 0.246 e. The maximum absolute atomic E-state index is 12.7. The van der Waals surface area contributed by atoms with Crippen LogP contribution in [0.15, 0.2) is 47.4 Å². The lowest BCUT2D eigenvalue weighted by Gasteiger charge is -2.31. The number of benzene rings is 1. The predicted octanol–water partition coefficient (Wildman–Crippen LogP) is 2.75. The zero-order valence-corrected chi connectivity index (χ0v) is 16.8. The molecule has 2 aromatic heterocycles. The molecule has 158 valence electrons.